The molecule has 0 aliphatic carbocycles. The van der Waals surface area contributed by atoms with E-state index in [0.29, 0.717) is 18.2 Å². The highest BCUT2D eigenvalue weighted by Gasteiger charge is 2.24. The Morgan fingerprint density at radius 3 is 2.41 bits per heavy atom. The molecule has 1 saturated heterocycles. The summed E-state index contributed by atoms with van der Waals surface area (Å²) >= 11 is 6.47. The lowest BCUT2D eigenvalue weighted by Gasteiger charge is -2.35. The highest BCUT2D eigenvalue weighted by Crippen LogP contribution is 2.29. The van der Waals surface area contributed by atoms with Crippen molar-refractivity contribution < 1.29 is 9.53 Å². The van der Waals surface area contributed by atoms with Crippen molar-refractivity contribution in [2.75, 3.05) is 26.2 Å². The summed E-state index contributed by atoms with van der Waals surface area (Å²) in [6, 6.07) is 15.9. The van der Waals surface area contributed by atoms with Crippen molar-refractivity contribution in [1.82, 2.24) is 10.2 Å². The lowest BCUT2D eigenvalue weighted by Crippen LogP contribution is -2.41. The molecule has 29 heavy (non-hydrogen) atoms. The van der Waals surface area contributed by atoms with Gasteiger partial charge in [-0.15, -0.1) is 0 Å². The van der Waals surface area contributed by atoms with Crippen LogP contribution in [0.15, 0.2) is 48.5 Å². The number of halogens is 1. The summed E-state index contributed by atoms with van der Waals surface area (Å²) in [7, 11) is 0. The fourth-order valence-electron chi connectivity index (χ4n) is 3.77. The Morgan fingerprint density at radius 1 is 1.07 bits per heavy atom. The van der Waals surface area contributed by atoms with Gasteiger partial charge < -0.3 is 10.1 Å². The molecular weight excluding hydrogens is 384 g/mol. The largest absolute Gasteiger partial charge is 0.484 e. The molecule has 1 unspecified atom stereocenters. The Bertz CT molecular complexity index is 786. The normalized spacial score (nSPS) is 15.9. The predicted octanol–water partition coefficient (Wildman–Crippen LogP) is 5.19. The fourth-order valence-corrected chi connectivity index (χ4v) is 4.03. The average molecular weight is 415 g/mol. The zero-order valence-corrected chi connectivity index (χ0v) is 18.1. The third-order valence-corrected chi connectivity index (χ3v) is 5.85. The highest BCUT2D eigenvalue weighted by molar-refractivity contribution is 6.31. The summed E-state index contributed by atoms with van der Waals surface area (Å²) in [5.41, 5.74) is 2.33. The third-order valence-electron chi connectivity index (χ3n) is 5.50. The van der Waals surface area contributed by atoms with Crippen LogP contribution in [-0.2, 0) is 4.79 Å². The van der Waals surface area contributed by atoms with Crippen LogP contribution >= 0.6 is 11.6 Å². The number of rotatable bonds is 8. The monoisotopic (exact) mass is 414 g/mol. The first kappa shape index (κ1) is 21.7. The first-order valence-corrected chi connectivity index (χ1v) is 10.9. The second kappa shape index (κ2) is 10.7. The van der Waals surface area contributed by atoms with Gasteiger partial charge in [-0.05, 0) is 61.2 Å². The van der Waals surface area contributed by atoms with Gasteiger partial charge in [0.2, 0.25) is 0 Å². The summed E-state index contributed by atoms with van der Waals surface area (Å²) < 4.78 is 5.66. The molecule has 0 aromatic heterocycles. The van der Waals surface area contributed by atoms with Crippen molar-refractivity contribution in [3.63, 3.8) is 0 Å². The Balaban J connectivity index is 1.57. The van der Waals surface area contributed by atoms with Gasteiger partial charge in [-0.2, -0.15) is 0 Å². The van der Waals surface area contributed by atoms with Crippen LogP contribution in [0.2, 0.25) is 5.02 Å². The summed E-state index contributed by atoms with van der Waals surface area (Å²) in [6.07, 6.45) is 3.64. The minimum atomic E-state index is -0.119. The van der Waals surface area contributed by atoms with Crippen LogP contribution in [-0.4, -0.2) is 37.0 Å². The van der Waals surface area contributed by atoms with Gasteiger partial charge in [-0.25, -0.2) is 0 Å². The molecule has 1 N–H and O–H groups in total. The lowest BCUT2D eigenvalue weighted by molar-refractivity contribution is -0.123. The molecule has 1 heterocycles. The molecule has 2 aromatic carbocycles. The Labute approximate surface area is 179 Å². The van der Waals surface area contributed by atoms with Gasteiger partial charge in [-0.3, -0.25) is 9.69 Å². The summed E-state index contributed by atoms with van der Waals surface area (Å²) in [5, 5.41) is 3.79. The number of carbonyl (C=O) groups excluding carboxylic acids is 1. The van der Waals surface area contributed by atoms with Crippen LogP contribution in [0.4, 0.5) is 0 Å². The van der Waals surface area contributed by atoms with Crippen LogP contribution in [0.1, 0.15) is 56.2 Å². The predicted molar refractivity (Wildman–Crippen MR) is 119 cm³/mol. The summed E-state index contributed by atoms with van der Waals surface area (Å²) in [5.74, 6) is 1.07. The third kappa shape index (κ3) is 6.22. The molecular formula is C24H31ClN2O2. The number of amides is 1. The van der Waals surface area contributed by atoms with E-state index in [9.17, 15) is 4.79 Å². The molecule has 0 saturated carbocycles. The van der Waals surface area contributed by atoms with Crippen LogP contribution in [0.5, 0.6) is 5.75 Å². The first-order chi connectivity index (χ1) is 14.0. The van der Waals surface area contributed by atoms with Gasteiger partial charge in [-0.1, -0.05) is 62.2 Å². The topological polar surface area (TPSA) is 41.6 Å². The van der Waals surface area contributed by atoms with Crippen molar-refractivity contribution in [1.29, 1.82) is 0 Å². The average Bonchev–Trinajstić information content (AvgIpc) is 2.74. The molecule has 0 radical (unpaired) electrons. The van der Waals surface area contributed by atoms with Crippen molar-refractivity contribution >= 4 is 17.5 Å². The van der Waals surface area contributed by atoms with E-state index in [1.807, 2.05) is 42.5 Å². The fraction of sp³-hybridized carbons (Fsp3) is 0.458. The van der Waals surface area contributed by atoms with E-state index >= 15 is 0 Å². The molecule has 5 heteroatoms. The molecule has 1 atom stereocenters. The molecule has 0 spiro atoms. The molecule has 156 valence electrons. The van der Waals surface area contributed by atoms with Gasteiger partial charge in [0, 0.05) is 11.6 Å². The first-order valence-electron chi connectivity index (χ1n) is 10.5. The standard InChI is InChI=1S/C24H31ClN2O2/c1-18(2)19-10-12-20(13-11-19)29-17-24(28)26-16-23(27-14-6-3-7-15-27)21-8-4-5-9-22(21)25/h4-5,8-13,18,23H,3,6-7,14-17H2,1-2H3,(H,26,28). The number of likely N-dealkylation sites (tertiary alicyclic amines) is 1. The Hall–Kier alpha value is -2.04. The quantitative estimate of drug-likeness (QED) is 0.646. The molecule has 1 aliphatic heterocycles. The van der Waals surface area contributed by atoms with E-state index in [1.165, 1.54) is 24.8 Å². The van der Waals surface area contributed by atoms with Crippen LogP contribution in [0.25, 0.3) is 0 Å². The maximum atomic E-state index is 12.4. The summed E-state index contributed by atoms with van der Waals surface area (Å²) in [4.78, 5) is 14.8. The smallest absolute Gasteiger partial charge is 0.258 e. The van der Waals surface area contributed by atoms with Crippen molar-refractivity contribution in [2.24, 2.45) is 0 Å². The van der Waals surface area contributed by atoms with Crippen LogP contribution in [0, 0.1) is 0 Å². The maximum absolute atomic E-state index is 12.4. The number of hydrogen-bond acceptors (Lipinski definition) is 3. The van der Waals surface area contributed by atoms with Crippen molar-refractivity contribution in [2.45, 2.75) is 45.1 Å². The van der Waals surface area contributed by atoms with Gasteiger partial charge in [0.1, 0.15) is 5.75 Å². The number of hydrogen-bond donors (Lipinski definition) is 1. The van der Waals surface area contributed by atoms with Crippen molar-refractivity contribution in [3.05, 3.63) is 64.7 Å². The number of ether oxygens (including phenoxy) is 1. The van der Waals surface area contributed by atoms with E-state index in [4.69, 9.17) is 16.3 Å². The lowest BCUT2D eigenvalue weighted by atomic mass is 10.0. The molecule has 1 fully saturated rings. The molecule has 1 amide bonds. The molecule has 0 bridgehead atoms. The molecule has 1 aliphatic rings. The van der Waals surface area contributed by atoms with E-state index in [0.717, 1.165) is 23.7 Å². The van der Waals surface area contributed by atoms with Gasteiger partial charge >= 0.3 is 0 Å². The molecule has 3 rings (SSSR count). The van der Waals surface area contributed by atoms with E-state index in [2.05, 4.69) is 30.1 Å². The highest BCUT2D eigenvalue weighted by atomic mass is 35.5. The second-order valence-corrected chi connectivity index (χ2v) is 8.36. The molecule has 4 nitrogen and oxygen atoms in total. The SMILES string of the molecule is CC(C)c1ccc(OCC(=O)NCC(c2ccccc2Cl)N2CCCCC2)cc1. The zero-order valence-electron chi connectivity index (χ0n) is 17.4. The minimum absolute atomic E-state index is 0.0102. The van der Waals surface area contributed by atoms with Gasteiger partial charge in [0.05, 0.1) is 6.04 Å². The maximum Gasteiger partial charge on any atom is 0.258 e. The number of nitrogens with zero attached hydrogens (tertiary/aromatic N) is 1. The van der Waals surface area contributed by atoms with Crippen LogP contribution < -0.4 is 10.1 Å². The number of piperidine rings is 1. The van der Waals surface area contributed by atoms with Gasteiger partial charge in [0.25, 0.3) is 5.91 Å². The van der Waals surface area contributed by atoms with Crippen LogP contribution in [0.3, 0.4) is 0 Å². The van der Waals surface area contributed by atoms with Gasteiger partial charge in [0.15, 0.2) is 6.61 Å². The minimum Gasteiger partial charge on any atom is -0.484 e. The van der Waals surface area contributed by atoms with E-state index in [-0.39, 0.29) is 18.6 Å². The number of benzene rings is 2. The molecule has 2 aromatic rings. The summed E-state index contributed by atoms with van der Waals surface area (Å²) in [6.45, 7) is 6.91. The second-order valence-electron chi connectivity index (χ2n) is 7.95. The van der Waals surface area contributed by atoms with E-state index < -0.39 is 0 Å². The Morgan fingerprint density at radius 2 is 1.76 bits per heavy atom. The van der Waals surface area contributed by atoms with E-state index in [1.54, 1.807) is 0 Å². The number of nitrogens with one attached hydrogen (secondary N) is 1. The number of carbonyl (C=O) groups is 1. The zero-order chi connectivity index (χ0) is 20.6. The Kier molecular flexibility index (Phi) is 7.96. The van der Waals surface area contributed by atoms with Crippen molar-refractivity contribution in [3.8, 4) is 5.75 Å².